The standard InChI is InChI=1S/C12H15N3O2/c1-12(2)10(13-17)15(11(16)14(12)3)9-7-5-4-6-8-9/h4-8,17H,1-3H3. The molecule has 5 nitrogen and oxygen atoms in total. The first-order chi connectivity index (χ1) is 8.00. The molecule has 1 heterocycles. The van der Waals surface area contributed by atoms with Crippen LogP contribution in [0, 0.1) is 0 Å². The minimum Gasteiger partial charge on any atom is -0.409 e. The molecule has 0 aliphatic carbocycles. The van der Waals surface area contributed by atoms with Crippen LogP contribution in [-0.2, 0) is 0 Å². The van der Waals surface area contributed by atoms with E-state index in [1.807, 2.05) is 32.0 Å². The van der Waals surface area contributed by atoms with E-state index in [9.17, 15) is 4.79 Å². The van der Waals surface area contributed by atoms with Crippen molar-refractivity contribution in [3.63, 3.8) is 0 Å². The van der Waals surface area contributed by atoms with Gasteiger partial charge in [0.2, 0.25) is 0 Å². The number of oxime groups is 1. The van der Waals surface area contributed by atoms with Crippen molar-refractivity contribution in [2.45, 2.75) is 19.4 Å². The number of anilines is 1. The van der Waals surface area contributed by atoms with E-state index < -0.39 is 5.54 Å². The zero-order valence-corrected chi connectivity index (χ0v) is 10.1. The third-order valence-electron chi connectivity index (χ3n) is 3.18. The van der Waals surface area contributed by atoms with Crippen molar-refractivity contribution in [1.82, 2.24) is 4.90 Å². The number of likely N-dealkylation sites (N-methyl/N-ethyl adjacent to an activating group) is 1. The lowest BCUT2D eigenvalue weighted by atomic mass is 10.0. The summed E-state index contributed by atoms with van der Waals surface area (Å²) >= 11 is 0. The molecule has 1 N–H and O–H groups in total. The summed E-state index contributed by atoms with van der Waals surface area (Å²) < 4.78 is 0. The molecule has 17 heavy (non-hydrogen) atoms. The monoisotopic (exact) mass is 233 g/mol. The normalized spacial score (nSPS) is 21.4. The van der Waals surface area contributed by atoms with E-state index in [-0.39, 0.29) is 6.03 Å². The summed E-state index contributed by atoms with van der Waals surface area (Å²) in [7, 11) is 1.69. The Bertz CT molecular complexity index is 468. The van der Waals surface area contributed by atoms with Gasteiger partial charge in [0.25, 0.3) is 0 Å². The molecule has 0 bridgehead atoms. The van der Waals surface area contributed by atoms with Gasteiger partial charge in [0.15, 0.2) is 5.84 Å². The fourth-order valence-corrected chi connectivity index (χ4v) is 1.88. The van der Waals surface area contributed by atoms with Crippen LogP contribution in [0.5, 0.6) is 0 Å². The van der Waals surface area contributed by atoms with E-state index in [4.69, 9.17) is 5.21 Å². The number of benzene rings is 1. The molecular weight excluding hydrogens is 218 g/mol. The largest absolute Gasteiger partial charge is 0.409 e. The first-order valence-electron chi connectivity index (χ1n) is 5.35. The molecule has 0 atom stereocenters. The molecule has 90 valence electrons. The van der Waals surface area contributed by atoms with Gasteiger partial charge in [-0.2, -0.15) is 0 Å². The van der Waals surface area contributed by atoms with Gasteiger partial charge in [-0.3, -0.25) is 0 Å². The number of carbonyl (C=O) groups excluding carboxylic acids is 1. The lowest BCUT2D eigenvalue weighted by Gasteiger charge is -2.24. The molecule has 0 radical (unpaired) electrons. The van der Waals surface area contributed by atoms with Crippen molar-refractivity contribution >= 4 is 17.6 Å². The van der Waals surface area contributed by atoms with Crippen LogP contribution >= 0.6 is 0 Å². The van der Waals surface area contributed by atoms with Crippen molar-refractivity contribution in [3.05, 3.63) is 30.3 Å². The maximum Gasteiger partial charge on any atom is 0.330 e. The van der Waals surface area contributed by atoms with Crippen LogP contribution < -0.4 is 4.90 Å². The van der Waals surface area contributed by atoms with Crippen molar-refractivity contribution in [2.24, 2.45) is 5.16 Å². The fourth-order valence-electron chi connectivity index (χ4n) is 1.88. The molecule has 0 saturated carbocycles. The van der Waals surface area contributed by atoms with Crippen LogP contribution in [0.15, 0.2) is 35.5 Å². The van der Waals surface area contributed by atoms with E-state index in [0.29, 0.717) is 11.5 Å². The highest BCUT2D eigenvalue weighted by molar-refractivity contribution is 6.24. The molecule has 0 aromatic heterocycles. The van der Waals surface area contributed by atoms with Crippen LogP contribution in [0.3, 0.4) is 0 Å². The summed E-state index contributed by atoms with van der Waals surface area (Å²) in [5.41, 5.74) is 0.0736. The van der Waals surface area contributed by atoms with Crippen LogP contribution in [0.25, 0.3) is 0 Å². The zero-order chi connectivity index (χ0) is 12.6. The van der Waals surface area contributed by atoms with Gasteiger partial charge in [0.05, 0.1) is 5.69 Å². The number of rotatable bonds is 1. The van der Waals surface area contributed by atoms with E-state index in [2.05, 4.69) is 5.16 Å². The van der Waals surface area contributed by atoms with E-state index >= 15 is 0 Å². The summed E-state index contributed by atoms with van der Waals surface area (Å²) in [6.45, 7) is 3.67. The second-order valence-electron chi connectivity index (χ2n) is 4.50. The van der Waals surface area contributed by atoms with Crippen LogP contribution in [0.2, 0.25) is 0 Å². The Labute approximate surface area is 99.9 Å². The maximum atomic E-state index is 12.2. The summed E-state index contributed by atoms with van der Waals surface area (Å²) in [4.78, 5) is 15.1. The Hall–Kier alpha value is -2.04. The molecule has 1 aliphatic heterocycles. The molecule has 2 amide bonds. The Morgan fingerprint density at radius 3 is 2.35 bits per heavy atom. The quantitative estimate of drug-likeness (QED) is 0.596. The highest BCUT2D eigenvalue weighted by Crippen LogP contribution is 2.31. The number of amidine groups is 1. The first-order valence-corrected chi connectivity index (χ1v) is 5.35. The number of carbonyl (C=O) groups is 1. The van der Waals surface area contributed by atoms with Crippen LogP contribution in [0.1, 0.15) is 13.8 Å². The summed E-state index contributed by atoms with van der Waals surface area (Å²) in [6.07, 6.45) is 0. The predicted octanol–water partition coefficient (Wildman–Crippen LogP) is 2.12. The average molecular weight is 233 g/mol. The predicted molar refractivity (Wildman–Crippen MR) is 65.4 cm³/mol. The summed E-state index contributed by atoms with van der Waals surface area (Å²) in [5.74, 6) is 0.330. The molecule has 1 fully saturated rings. The molecule has 1 aliphatic rings. The maximum absolute atomic E-state index is 12.2. The molecule has 0 spiro atoms. The van der Waals surface area contributed by atoms with Gasteiger partial charge in [-0.25, -0.2) is 9.69 Å². The third-order valence-corrected chi connectivity index (χ3v) is 3.18. The highest BCUT2D eigenvalue weighted by Gasteiger charge is 2.48. The number of nitrogens with zero attached hydrogens (tertiary/aromatic N) is 3. The van der Waals surface area contributed by atoms with Crippen molar-refractivity contribution in [1.29, 1.82) is 0 Å². The fraction of sp³-hybridized carbons (Fsp3) is 0.333. The average Bonchev–Trinajstić information content (AvgIpc) is 2.50. The van der Waals surface area contributed by atoms with Crippen LogP contribution in [-0.4, -0.2) is 34.6 Å². The van der Waals surface area contributed by atoms with Crippen LogP contribution in [0.4, 0.5) is 10.5 Å². The van der Waals surface area contributed by atoms with Crippen molar-refractivity contribution in [3.8, 4) is 0 Å². The molecule has 1 aromatic rings. The topological polar surface area (TPSA) is 56.1 Å². The molecule has 5 heteroatoms. The van der Waals surface area contributed by atoms with E-state index in [1.54, 1.807) is 24.1 Å². The van der Waals surface area contributed by atoms with Gasteiger partial charge in [-0.1, -0.05) is 23.4 Å². The first kappa shape index (κ1) is 11.4. The molecular formula is C12H15N3O2. The number of para-hydroxylation sites is 1. The minimum atomic E-state index is -0.623. The molecule has 1 saturated heterocycles. The van der Waals surface area contributed by atoms with Gasteiger partial charge in [0, 0.05) is 7.05 Å². The Morgan fingerprint density at radius 1 is 1.24 bits per heavy atom. The SMILES string of the molecule is CN1C(=O)N(c2ccccc2)C(=NO)C1(C)C. The van der Waals surface area contributed by atoms with E-state index in [1.165, 1.54) is 4.90 Å². The lowest BCUT2D eigenvalue weighted by Crippen LogP contribution is -2.41. The second kappa shape index (κ2) is 3.76. The van der Waals surface area contributed by atoms with E-state index in [0.717, 1.165) is 0 Å². The molecule has 1 aromatic carbocycles. The Balaban J connectivity index is 2.52. The zero-order valence-electron chi connectivity index (χ0n) is 10.1. The van der Waals surface area contributed by atoms with Gasteiger partial charge in [-0.05, 0) is 26.0 Å². The third kappa shape index (κ3) is 1.54. The van der Waals surface area contributed by atoms with Gasteiger partial charge >= 0.3 is 6.03 Å². The minimum absolute atomic E-state index is 0.200. The van der Waals surface area contributed by atoms with Crippen molar-refractivity contribution in [2.75, 3.05) is 11.9 Å². The lowest BCUT2D eigenvalue weighted by molar-refractivity contribution is 0.205. The van der Waals surface area contributed by atoms with Gasteiger partial charge in [-0.15, -0.1) is 0 Å². The van der Waals surface area contributed by atoms with Gasteiger partial charge < -0.3 is 10.1 Å². The second-order valence-corrected chi connectivity index (χ2v) is 4.50. The number of urea groups is 1. The van der Waals surface area contributed by atoms with Crippen molar-refractivity contribution < 1.29 is 10.0 Å². The smallest absolute Gasteiger partial charge is 0.330 e. The van der Waals surface area contributed by atoms with Gasteiger partial charge in [0.1, 0.15) is 5.54 Å². The highest BCUT2D eigenvalue weighted by atomic mass is 16.4. The Kier molecular flexibility index (Phi) is 2.53. The summed E-state index contributed by atoms with van der Waals surface area (Å²) in [6, 6.07) is 8.95. The molecule has 0 unspecified atom stereocenters. The summed E-state index contributed by atoms with van der Waals surface area (Å²) in [5, 5.41) is 12.4. The Morgan fingerprint density at radius 2 is 1.82 bits per heavy atom. The number of hydrogen-bond donors (Lipinski definition) is 1. The molecule has 2 rings (SSSR count). The number of hydrogen-bond acceptors (Lipinski definition) is 3. The number of amides is 2.